The quantitative estimate of drug-likeness (QED) is 0.474. The standard InChI is InChI=1S/C27H30O10/c1-7-12(2)23(29)36-24-25(4,30)13(3)18-14-8-15-19(35-11-34-15)21-17(14)26(10-33-21)22(28)20(32-6)16(31-5)9-27(24,26)37-18/h7-8,13,18,24,30H,9-11H2,1-6H3. The first-order valence-electron chi connectivity index (χ1n) is 12.3. The molecule has 37 heavy (non-hydrogen) atoms. The zero-order chi connectivity index (χ0) is 26.5. The van der Waals surface area contributed by atoms with Crippen LogP contribution in [0.4, 0.5) is 0 Å². The number of ketones is 1. The van der Waals surface area contributed by atoms with E-state index in [1.54, 1.807) is 32.9 Å². The van der Waals surface area contributed by atoms with Crippen LogP contribution in [0.1, 0.15) is 51.3 Å². The second kappa shape index (κ2) is 7.64. The molecule has 0 aromatic heterocycles. The van der Waals surface area contributed by atoms with E-state index in [0.717, 1.165) is 0 Å². The number of allylic oxidation sites excluding steroid dienone is 2. The van der Waals surface area contributed by atoms with Crippen molar-refractivity contribution in [2.75, 3.05) is 27.6 Å². The van der Waals surface area contributed by atoms with Gasteiger partial charge >= 0.3 is 5.97 Å². The number of carbonyl (C=O) groups is 2. The van der Waals surface area contributed by atoms with E-state index in [-0.39, 0.29) is 31.3 Å². The van der Waals surface area contributed by atoms with E-state index in [2.05, 4.69) is 0 Å². The Kier molecular flexibility index (Phi) is 4.98. The fourth-order valence-corrected chi connectivity index (χ4v) is 6.68. The number of fused-ring (bicyclic) bond motifs is 4. The van der Waals surface area contributed by atoms with Gasteiger partial charge in [-0.15, -0.1) is 0 Å². The van der Waals surface area contributed by atoms with Gasteiger partial charge in [0.1, 0.15) is 29.0 Å². The van der Waals surface area contributed by atoms with Gasteiger partial charge in [-0.05, 0) is 32.4 Å². The van der Waals surface area contributed by atoms with Gasteiger partial charge in [-0.3, -0.25) is 4.79 Å². The number of methoxy groups -OCH3 is 2. The maximum atomic E-state index is 14.5. The number of hydrogen-bond donors (Lipinski definition) is 1. The Bertz CT molecular complexity index is 1290. The minimum atomic E-state index is -1.60. The van der Waals surface area contributed by atoms with Crippen LogP contribution in [-0.4, -0.2) is 61.8 Å². The minimum Gasteiger partial charge on any atom is -0.497 e. The van der Waals surface area contributed by atoms with Gasteiger partial charge in [-0.25, -0.2) is 4.79 Å². The Morgan fingerprint density at radius 2 is 1.95 bits per heavy atom. The van der Waals surface area contributed by atoms with Crippen LogP contribution in [0.2, 0.25) is 0 Å². The van der Waals surface area contributed by atoms with Crippen molar-refractivity contribution < 1.29 is 47.9 Å². The number of aliphatic hydroxyl groups is 1. The van der Waals surface area contributed by atoms with Gasteiger partial charge < -0.3 is 38.3 Å². The smallest absolute Gasteiger partial charge is 0.333 e. The largest absolute Gasteiger partial charge is 0.497 e. The van der Waals surface area contributed by atoms with Crippen molar-refractivity contribution in [3.63, 3.8) is 0 Å². The third kappa shape index (κ3) is 2.67. The second-order valence-corrected chi connectivity index (χ2v) is 10.5. The highest BCUT2D eigenvalue weighted by Gasteiger charge is 2.79. The highest BCUT2D eigenvalue weighted by Crippen LogP contribution is 2.69. The van der Waals surface area contributed by atoms with Crippen molar-refractivity contribution in [1.29, 1.82) is 0 Å². The summed E-state index contributed by atoms with van der Waals surface area (Å²) in [4.78, 5) is 27.6. The summed E-state index contributed by atoms with van der Waals surface area (Å²) in [6.45, 7) is 6.68. The molecule has 1 N–H and O–H groups in total. The predicted octanol–water partition coefficient (Wildman–Crippen LogP) is 2.61. The maximum Gasteiger partial charge on any atom is 0.333 e. The van der Waals surface area contributed by atoms with Gasteiger partial charge in [0, 0.05) is 23.5 Å². The maximum absolute atomic E-state index is 14.5. The van der Waals surface area contributed by atoms with Gasteiger partial charge in [-0.1, -0.05) is 13.0 Å². The van der Waals surface area contributed by atoms with Crippen LogP contribution in [0.15, 0.2) is 29.2 Å². The van der Waals surface area contributed by atoms with E-state index in [4.69, 9.17) is 33.2 Å². The molecule has 4 heterocycles. The van der Waals surface area contributed by atoms with E-state index in [0.29, 0.717) is 33.9 Å². The molecule has 2 spiro atoms. The second-order valence-electron chi connectivity index (χ2n) is 10.5. The number of Topliss-reactive ketones (excluding diaryl/α,β-unsaturated/α-hetero) is 1. The van der Waals surface area contributed by atoms with Crippen molar-refractivity contribution in [2.24, 2.45) is 5.92 Å². The van der Waals surface area contributed by atoms with Gasteiger partial charge in [0.15, 0.2) is 17.6 Å². The molecule has 1 fully saturated rings. The zero-order valence-corrected chi connectivity index (χ0v) is 21.6. The number of carbonyl (C=O) groups excluding carboxylic acids is 2. The Morgan fingerprint density at radius 3 is 2.62 bits per heavy atom. The van der Waals surface area contributed by atoms with Gasteiger partial charge in [0.25, 0.3) is 0 Å². The lowest BCUT2D eigenvalue weighted by Crippen LogP contribution is -2.78. The molecule has 1 aromatic rings. The topological polar surface area (TPSA) is 119 Å². The molecule has 6 unspecified atom stereocenters. The van der Waals surface area contributed by atoms with Crippen molar-refractivity contribution >= 4 is 11.8 Å². The summed E-state index contributed by atoms with van der Waals surface area (Å²) in [7, 11) is 2.84. The Labute approximate surface area is 214 Å². The number of ether oxygens (including phenoxy) is 7. The van der Waals surface area contributed by atoms with E-state index in [9.17, 15) is 14.7 Å². The minimum absolute atomic E-state index is 0.00129. The third-order valence-corrected chi connectivity index (χ3v) is 8.91. The van der Waals surface area contributed by atoms with Crippen LogP contribution in [0.3, 0.4) is 0 Å². The van der Waals surface area contributed by atoms with E-state index >= 15 is 0 Å². The molecule has 4 aliphatic heterocycles. The van der Waals surface area contributed by atoms with Crippen LogP contribution >= 0.6 is 0 Å². The van der Waals surface area contributed by atoms with Gasteiger partial charge in [-0.2, -0.15) is 0 Å². The summed E-state index contributed by atoms with van der Waals surface area (Å²) in [5, 5.41) is 12.1. The molecule has 6 rings (SSSR count). The van der Waals surface area contributed by atoms with Crippen molar-refractivity contribution in [3.8, 4) is 17.2 Å². The monoisotopic (exact) mass is 514 g/mol. The number of esters is 1. The molecule has 6 atom stereocenters. The molecule has 2 bridgehead atoms. The highest BCUT2D eigenvalue weighted by atomic mass is 16.7. The predicted molar refractivity (Wildman–Crippen MR) is 126 cm³/mol. The molecular weight excluding hydrogens is 484 g/mol. The normalized spacial score (nSPS) is 37.0. The lowest BCUT2D eigenvalue weighted by molar-refractivity contribution is -0.317. The average Bonchev–Trinajstić information content (AvgIpc) is 3.52. The van der Waals surface area contributed by atoms with E-state index in [1.165, 1.54) is 14.2 Å². The average molecular weight is 515 g/mol. The molecule has 1 aromatic carbocycles. The first kappa shape index (κ1) is 24.1. The van der Waals surface area contributed by atoms with Crippen molar-refractivity contribution in [3.05, 3.63) is 40.4 Å². The first-order valence-corrected chi connectivity index (χ1v) is 12.3. The molecular formula is C27H30O10. The van der Waals surface area contributed by atoms with Crippen LogP contribution in [0, 0.1) is 5.92 Å². The van der Waals surface area contributed by atoms with Crippen LogP contribution < -0.4 is 14.2 Å². The SMILES string of the molecule is CC=C(C)C(=O)OC1C(C)(O)C(C)C2OC13CC(OC)=C(OC)C(=O)C31COc3c4c(cc2c31)OCO4. The highest BCUT2D eigenvalue weighted by molar-refractivity contribution is 6.07. The Morgan fingerprint density at radius 1 is 1.19 bits per heavy atom. The van der Waals surface area contributed by atoms with Crippen molar-refractivity contribution in [1.82, 2.24) is 0 Å². The molecule has 5 aliphatic rings. The fourth-order valence-electron chi connectivity index (χ4n) is 6.68. The van der Waals surface area contributed by atoms with Crippen LogP contribution in [0.25, 0.3) is 0 Å². The molecule has 1 aliphatic carbocycles. The zero-order valence-electron chi connectivity index (χ0n) is 21.6. The van der Waals surface area contributed by atoms with Gasteiger partial charge in [0.05, 0.1) is 20.3 Å². The number of benzene rings is 1. The van der Waals surface area contributed by atoms with Crippen LogP contribution in [-0.2, 0) is 34.0 Å². The van der Waals surface area contributed by atoms with Crippen molar-refractivity contribution in [2.45, 2.75) is 62.9 Å². The van der Waals surface area contributed by atoms with E-state index in [1.807, 2.05) is 6.92 Å². The molecule has 0 amide bonds. The summed E-state index contributed by atoms with van der Waals surface area (Å²) < 4.78 is 41.8. The molecule has 1 saturated heterocycles. The Hall–Kier alpha value is -3.24. The summed E-state index contributed by atoms with van der Waals surface area (Å²) >= 11 is 0. The van der Waals surface area contributed by atoms with E-state index < -0.39 is 46.5 Å². The Balaban J connectivity index is 1.69. The summed E-state index contributed by atoms with van der Waals surface area (Å²) in [5.41, 5.74) is -3.05. The number of hydrogen-bond acceptors (Lipinski definition) is 10. The lowest BCUT2D eigenvalue weighted by Gasteiger charge is -2.64. The summed E-state index contributed by atoms with van der Waals surface area (Å²) in [6.07, 6.45) is -0.291. The third-order valence-electron chi connectivity index (χ3n) is 8.91. The lowest BCUT2D eigenvalue weighted by atomic mass is 9.50. The number of rotatable bonds is 4. The molecule has 10 heteroatoms. The fraction of sp³-hybridized carbons (Fsp3) is 0.556. The summed E-state index contributed by atoms with van der Waals surface area (Å²) in [5.74, 6) is -0.0349. The molecule has 198 valence electrons. The molecule has 0 radical (unpaired) electrons. The molecule has 10 nitrogen and oxygen atoms in total. The molecule has 0 saturated carbocycles. The summed E-state index contributed by atoms with van der Waals surface area (Å²) in [6, 6.07) is 1.80. The first-order chi connectivity index (χ1) is 17.6. The van der Waals surface area contributed by atoms with Crippen LogP contribution in [0.5, 0.6) is 17.2 Å². The van der Waals surface area contributed by atoms with Gasteiger partial charge in [0.2, 0.25) is 24.1 Å².